The molecule has 0 aromatic heterocycles. The number of thioether (sulfide) groups is 1. The summed E-state index contributed by atoms with van der Waals surface area (Å²) in [5, 5.41) is 1.15. The molecular weight excluding hydrogens is 168 g/mol. The van der Waals surface area contributed by atoms with Gasteiger partial charge in [-0.2, -0.15) is 0 Å². The standard InChI is InChI=1S/C9H20N2S/c1-6-8(3)11(7-2)9(10-4)12-5/h8H,6-7H2,1-5H3. The number of hydrogen-bond donors (Lipinski definition) is 0. The summed E-state index contributed by atoms with van der Waals surface area (Å²) in [5.41, 5.74) is 0. The maximum absolute atomic E-state index is 4.25. The summed E-state index contributed by atoms with van der Waals surface area (Å²) in [4.78, 5) is 6.59. The molecule has 0 rings (SSSR count). The van der Waals surface area contributed by atoms with Crippen molar-refractivity contribution in [3.63, 3.8) is 0 Å². The molecule has 0 saturated heterocycles. The van der Waals surface area contributed by atoms with E-state index in [1.165, 1.54) is 6.42 Å². The Morgan fingerprint density at radius 2 is 2.08 bits per heavy atom. The van der Waals surface area contributed by atoms with Crippen molar-refractivity contribution in [2.24, 2.45) is 4.99 Å². The molecule has 0 aliphatic heterocycles. The fourth-order valence-electron chi connectivity index (χ4n) is 1.19. The lowest BCUT2D eigenvalue weighted by atomic mass is 10.2. The van der Waals surface area contributed by atoms with E-state index in [0.29, 0.717) is 6.04 Å². The van der Waals surface area contributed by atoms with Crippen molar-refractivity contribution in [2.75, 3.05) is 19.8 Å². The highest BCUT2D eigenvalue weighted by Gasteiger charge is 2.12. The first-order valence-electron chi connectivity index (χ1n) is 4.48. The van der Waals surface area contributed by atoms with Gasteiger partial charge in [0.05, 0.1) is 0 Å². The van der Waals surface area contributed by atoms with Crippen molar-refractivity contribution in [2.45, 2.75) is 33.2 Å². The summed E-state index contributed by atoms with van der Waals surface area (Å²) in [5.74, 6) is 0. The molecule has 0 aliphatic carbocycles. The summed E-state index contributed by atoms with van der Waals surface area (Å²) < 4.78 is 0. The topological polar surface area (TPSA) is 15.6 Å². The van der Waals surface area contributed by atoms with Gasteiger partial charge in [-0.15, -0.1) is 0 Å². The lowest BCUT2D eigenvalue weighted by Gasteiger charge is -2.29. The van der Waals surface area contributed by atoms with Gasteiger partial charge >= 0.3 is 0 Å². The minimum absolute atomic E-state index is 0.598. The summed E-state index contributed by atoms with van der Waals surface area (Å²) >= 11 is 1.72. The molecule has 1 atom stereocenters. The highest BCUT2D eigenvalue weighted by atomic mass is 32.2. The molecule has 0 N–H and O–H groups in total. The Morgan fingerprint density at radius 3 is 2.33 bits per heavy atom. The number of amidine groups is 1. The zero-order valence-corrected chi connectivity index (χ0v) is 9.61. The van der Waals surface area contributed by atoms with E-state index in [-0.39, 0.29) is 0 Å². The maximum atomic E-state index is 4.25. The Bertz CT molecular complexity index is 145. The van der Waals surface area contributed by atoms with Crippen LogP contribution in [0.15, 0.2) is 4.99 Å². The van der Waals surface area contributed by atoms with E-state index in [0.717, 1.165) is 11.7 Å². The normalized spacial score (nSPS) is 14.6. The maximum Gasteiger partial charge on any atom is 0.158 e. The molecule has 12 heavy (non-hydrogen) atoms. The smallest absolute Gasteiger partial charge is 0.158 e. The van der Waals surface area contributed by atoms with E-state index in [2.05, 4.69) is 36.9 Å². The second kappa shape index (κ2) is 6.35. The van der Waals surface area contributed by atoms with Crippen LogP contribution >= 0.6 is 11.8 Å². The number of aliphatic imine (C=N–C) groups is 1. The van der Waals surface area contributed by atoms with Crippen LogP contribution in [0.2, 0.25) is 0 Å². The third-order valence-electron chi connectivity index (χ3n) is 2.08. The lowest BCUT2D eigenvalue weighted by molar-refractivity contribution is 0.343. The Balaban J connectivity index is 4.31. The monoisotopic (exact) mass is 188 g/mol. The van der Waals surface area contributed by atoms with Gasteiger partial charge in [0.15, 0.2) is 5.17 Å². The van der Waals surface area contributed by atoms with Crippen molar-refractivity contribution in [1.29, 1.82) is 0 Å². The largest absolute Gasteiger partial charge is 0.349 e. The van der Waals surface area contributed by atoms with Crippen LogP contribution in [0.3, 0.4) is 0 Å². The third-order valence-corrected chi connectivity index (χ3v) is 2.87. The van der Waals surface area contributed by atoms with Crippen molar-refractivity contribution in [3.05, 3.63) is 0 Å². The van der Waals surface area contributed by atoms with Gasteiger partial charge in [0.2, 0.25) is 0 Å². The van der Waals surface area contributed by atoms with Gasteiger partial charge in [0.1, 0.15) is 0 Å². The molecule has 0 bridgehead atoms. The SMILES string of the molecule is CCC(C)N(CC)C(=NC)SC. The van der Waals surface area contributed by atoms with E-state index < -0.39 is 0 Å². The van der Waals surface area contributed by atoms with Gasteiger partial charge in [-0.05, 0) is 26.5 Å². The first-order chi connectivity index (χ1) is 5.71. The molecule has 0 aromatic carbocycles. The molecule has 0 saturated carbocycles. The Labute approximate surface area is 80.4 Å². The molecular formula is C9H20N2S. The van der Waals surface area contributed by atoms with Gasteiger partial charge in [0, 0.05) is 19.6 Å². The Kier molecular flexibility index (Phi) is 6.25. The van der Waals surface area contributed by atoms with Gasteiger partial charge in [0.25, 0.3) is 0 Å². The van der Waals surface area contributed by atoms with Crippen molar-refractivity contribution < 1.29 is 0 Å². The third kappa shape index (κ3) is 3.05. The first kappa shape index (κ1) is 11.8. The molecule has 0 heterocycles. The average Bonchev–Trinajstić information content (AvgIpc) is 2.12. The molecule has 0 radical (unpaired) electrons. The highest BCUT2D eigenvalue weighted by Crippen LogP contribution is 2.11. The van der Waals surface area contributed by atoms with Crippen LogP contribution in [0.5, 0.6) is 0 Å². The number of hydrogen-bond acceptors (Lipinski definition) is 2. The van der Waals surface area contributed by atoms with Gasteiger partial charge in [-0.3, -0.25) is 4.99 Å². The van der Waals surface area contributed by atoms with Gasteiger partial charge < -0.3 is 4.90 Å². The van der Waals surface area contributed by atoms with E-state index in [4.69, 9.17) is 0 Å². The number of rotatable bonds is 3. The summed E-state index contributed by atoms with van der Waals surface area (Å²) in [6.07, 6.45) is 3.25. The van der Waals surface area contributed by atoms with Crippen molar-refractivity contribution in [1.82, 2.24) is 4.90 Å². The Hall–Kier alpha value is -0.180. The molecule has 0 amide bonds. The predicted molar refractivity (Wildman–Crippen MR) is 59.0 cm³/mol. The van der Waals surface area contributed by atoms with Crippen LogP contribution in [0.4, 0.5) is 0 Å². The molecule has 0 aliphatic rings. The summed E-state index contributed by atoms with van der Waals surface area (Å²) in [6.45, 7) is 7.67. The minimum Gasteiger partial charge on any atom is -0.349 e. The lowest BCUT2D eigenvalue weighted by Crippen LogP contribution is -2.36. The van der Waals surface area contributed by atoms with E-state index in [9.17, 15) is 0 Å². The van der Waals surface area contributed by atoms with Crippen LogP contribution in [0.25, 0.3) is 0 Å². The first-order valence-corrected chi connectivity index (χ1v) is 5.71. The van der Waals surface area contributed by atoms with E-state index in [1.54, 1.807) is 11.8 Å². The fraction of sp³-hybridized carbons (Fsp3) is 0.889. The van der Waals surface area contributed by atoms with Crippen LogP contribution in [0, 0.1) is 0 Å². The Morgan fingerprint density at radius 1 is 1.50 bits per heavy atom. The molecule has 2 nitrogen and oxygen atoms in total. The zero-order chi connectivity index (χ0) is 9.56. The van der Waals surface area contributed by atoms with Crippen molar-refractivity contribution in [3.8, 4) is 0 Å². The molecule has 1 unspecified atom stereocenters. The summed E-state index contributed by atoms with van der Waals surface area (Å²) in [7, 11) is 1.86. The molecule has 3 heteroatoms. The van der Waals surface area contributed by atoms with E-state index in [1.807, 2.05) is 7.05 Å². The van der Waals surface area contributed by atoms with Crippen LogP contribution in [0.1, 0.15) is 27.2 Å². The molecule has 0 spiro atoms. The summed E-state index contributed by atoms with van der Waals surface area (Å²) in [6, 6.07) is 0.598. The highest BCUT2D eigenvalue weighted by molar-refractivity contribution is 8.13. The predicted octanol–water partition coefficient (Wildman–Crippen LogP) is 2.46. The van der Waals surface area contributed by atoms with E-state index >= 15 is 0 Å². The minimum atomic E-state index is 0.598. The van der Waals surface area contributed by atoms with Gasteiger partial charge in [-0.25, -0.2) is 0 Å². The molecule has 0 fully saturated rings. The van der Waals surface area contributed by atoms with Crippen LogP contribution < -0.4 is 0 Å². The van der Waals surface area contributed by atoms with Crippen molar-refractivity contribution >= 4 is 16.9 Å². The molecule has 0 aromatic rings. The van der Waals surface area contributed by atoms with Gasteiger partial charge in [-0.1, -0.05) is 18.7 Å². The zero-order valence-electron chi connectivity index (χ0n) is 8.79. The number of nitrogens with zero attached hydrogens (tertiary/aromatic N) is 2. The quantitative estimate of drug-likeness (QED) is 0.499. The van der Waals surface area contributed by atoms with Crippen LogP contribution in [-0.4, -0.2) is 36.0 Å². The average molecular weight is 188 g/mol. The fourth-order valence-corrected chi connectivity index (χ4v) is 1.92. The van der Waals surface area contributed by atoms with Crippen LogP contribution in [-0.2, 0) is 0 Å². The second-order valence-electron chi connectivity index (χ2n) is 2.75. The molecule has 72 valence electrons. The second-order valence-corrected chi connectivity index (χ2v) is 3.53.